The number of aliphatic imine (C=N–C) groups is 1. The van der Waals surface area contributed by atoms with Gasteiger partial charge in [-0.1, -0.05) is 15.9 Å². The number of fused-ring (bicyclic) bond motifs is 1. The van der Waals surface area contributed by atoms with Gasteiger partial charge in [-0.3, -0.25) is 19.3 Å². The lowest BCUT2D eigenvalue weighted by Crippen LogP contribution is -2.35. The highest BCUT2D eigenvalue weighted by Crippen LogP contribution is 2.43. The van der Waals surface area contributed by atoms with Gasteiger partial charge in [0.15, 0.2) is 5.17 Å². The number of amides is 3. The fourth-order valence-corrected chi connectivity index (χ4v) is 4.17. The molecule has 2 aromatic rings. The van der Waals surface area contributed by atoms with E-state index >= 15 is 0 Å². The minimum Gasteiger partial charge on any atom is -0.378 e. The molecule has 3 N–H and O–H groups in total. The quantitative estimate of drug-likeness (QED) is 0.665. The van der Waals surface area contributed by atoms with E-state index in [1.165, 1.54) is 29.2 Å². The maximum atomic E-state index is 13.1. The summed E-state index contributed by atoms with van der Waals surface area (Å²) in [7, 11) is 0. The van der Waals surface area contributed by atoms with E-state index < -0.39 is 23.5 Å². The number of nitrogens with one attached hydrogen (secondary N) is 1. The van der Waals surface area contributed by atoms with Crippen LogP contribution in [-0.2, 0) is 14.4 Å². The van der Waals surface area contributed by atoms with Crippen molar-refractivity contribution in [3.05, 3.63) is 63.2 Å². The van der Waals surface area contributed by atoms with Crippen LogP contribution in [0.1, 0.15) is 5.56 Å². The van der Waals surface area contributed by atoms with E-state index in [2.05, 4.69) is 26.2 Å². The van der Waals surface area contributed by atoms with Crippen molar-refractivity contribution in [3.63, 3.8) is 0 Å². The number of nitrogens with two attached hydrogens (primary N) is 1. The molecule has 0 bridgehead atoms. The largest absolute Gasteiger partial charge is 0.378 e. The van der Waals surface area contributed by atoms with E-state index in [1.54, 1.807) is 18.2 Å². The molecule has 0 radical (unpaired) electrons. The molecule has 0 saturated heterocycles. The summed E-state index contributed by atoms with van der Waals surface area (Å²) in [6.45, 7) is -0.281. The van der Waals surface area contributed by atoms with E-state index in [-0.39, 0.29) is 22.2 Å². The van der Waals surface area contributed by atoms with Crippen LogP contribution in [0.5, 0.6) is 0 Å². The molecule has 0 aliphatic carbocycles. The highest BCUT2D eigenvalue weighted by molar-refractivity contribution is 9.10. The molecule has 10 heteroatoms. The maximum absolute atomic E-state index is 13.1. The zero-order chi connectivity index (χ0) is 20.7. The van der Waals surface area contributed by atoms with Gasteiger partial charge in [-0.2, -0.15) is 4.99 Å². The molecule has 2 aromatic carbocycles. The van der Waals surface area contributed by atoms with Gasteiger partial charge in [-0.15, -0.1) is 0 Å². The summed E-state index contributed by atoms with van der Waals surface area (Å²) in [5.74, 6) is -1.97. The number of carbonyl (C=O) groups is 3. The van der Waals surface area contributed by atoms with Gasteiger partial charge < -0.3 is 11.1 Å². The van der Waals surface area contributed by atoms with Crippen molar-refractivity contribution in [1.29, 1.82) is 0 Å². The molecule has 0 atom stereocenters. The van der Waals surface area contributed by atoms with Gasteiger partial charge in [0.2, 0.25) is 5.91 Å². The second-order valence-corrected chi connectivity index (χ2v) is 8.12. The van der Waals surface area contributed by atoms with Crippen LogP contribution in [0, 0.1) is 5.82 Å². The normalized spacial score (nSPS) is 18.1. The maximum Gasteiger partial charge on any atom is 0.287 e. The van der Waals surface area contributed by atoms with E-state index in [0.29, 0.717) is 21.4 Å². The molecule has 4 rings (SSSR count). The van der Waals surface area contributed by atoms with Gasteiger partial charge in [-0.05, 0) is 54.2 Å². The van der Waals surface area contributed by atoms with E-state index in [4.69, 9.17) is 5.73 Å². The summed E-state index contributed by atoms with van der Waals surface area (Å²) in [6, 6.07) is 10.4. The molecule has 0 spiro atoms. The smallest absolute Gasteiger partial charge is 0.287 e. The summed E-state index contributed by atoms with van der Waals surface area (Å²) >= 11 is 4.29. The van der Waals surface area contributed by atoms with Crippen molar-refractivity contribution in [2.24, 2.45) is 10.7 Å². The fourth-order valence-electron chi connectivity index (χ4n) is 3.04. The molecule has 2 aliphatic heterocycles. The minimum absolute atomic E-state index is 0.0642. The molecule has 0 aromatic heterocycles. The van der Waals surface area contributed by atoms with Gasteiger partial charge in [0, 0.05) is 15.7 Å². The van der Waals surface area contributed by atoms with Crippen LogP contribution in [0.4, 0.5) is 15.8 Å². The van der Waals surface area contributed by atoms with Crippen molar-refractivity contribution in [2.75, 3.05) is 16.8 Å². The molecule has 146 valence electrons. The Kier molecular flexibility index (Phi) is 4.97. The monoisotopic (exact) mass is 474 g/mol. The Morgan fingerprint density at radius 2 is 1.93 bits per heavy atom. The molecular formula is C19H12BrFN4O3S. The number of halogens is 2. The number of carbonyl (C=O) groups excluding carboxylic acids is 3. The molecule has 3 amide bonds. The highest BCUT2D eigenvalue weighted by atomic mass is 79.9. The lowest BCUT2D eigenvalue weighted by atomic mass is 10.1. The number of rotatable bonds is 3. The average Bonchev–Trinajstić information content (AvgIpc) is 3.12. The number of hydrogen-bond donors (Lipinski definition) is 2. The lowest BCUT2D eigenvalue weighted by molar-refractivity contribution is -0.118. The van der Waals surface area contributed by atoms with Crippen LogP contribution in [-0.4, -0.2) is 29.4 Å². The minimum atomic E-state index is -0.584. The molecular weight excluding hydrogens is 463 g/mol. The fraction of sp³-hybridized carbons (Fsp3) is 0.0526. The van der Waals surface area contributed by atoms with E-state index in [1.807, 2.05) is 0 Å². The van der Waals surface area contributed by atoms with E-state index in [0.717, 1.165) is 11.8 Å². The Morgan fingerprint density at radius 3 is 2.59 bits per heavy atom. The Morgan fingerprint density at radius 1 is 1.21 bits per heavy atom. The first-order chi connectivity index (χ1) is 13.8. The molecule has 0 saturated carbocycles. The number of amidine groups is 1. The summed E-state index contributed by atoms with van der Waals surface area (Å²) < 4.78 is 13.7. The van der Waals surface area contributed by atoms with Gasteiger partial charge in [0.05, 0.1) is 16.2 Å². The zero-order valence-electron chi connectivity index (χ0n) is 14.6. The summed E-state index contributed by atoms with van der Waals surface area (Å²) in [6.07, 6.45) is 0. The Bertz CT molecular complexity index is 1130. The topological polar surface area (TPSA) is 105 Å². The molecule has 7 nitrogen and oxygen atoms in total. The predicted octanol–water partition coefficient (Wildman–Crippen LogP) is 2.87. The van der Waals surface area contributed by atoms with Crippen LogP contribution in [0.2, 0.25) is 0 Å². The van der Waals surface area contributed by atoms with E-state index in [9.17, 15) is 18.8 Å². The predicted molar refractivity (Wildman–Crippen MR) is 113 cm³/mol. The van der Waals surface area contributed by atoms with Crippen LogP contribution >= 0.6 is 27.7 Å². The first kappa shape index (κ1) is 19.3. The van der Waals surface area contributed by atoms with Crippen LogP contribution < -0.4 is 16.0 Å². The van der Waals surface area contributed by atoms with Crippen molar-refractivity contribution < 1.29 is 18.8 Å². The van der Waals surface area contributed by atoms with Crippen molar-refractivity contribution >= 4 is 67.5 Å². The Labute approximate surface area is 177 Å². The molecule has 2 heterocycles. The summed E-state index contributed by atoms with van der Waals surface area (Å²) in [5, 5.41) is 2.68. The number of anilines is 2. The standard InChI is InChI=1S/C19H12BrFN4O3S/c20-9-1-6-13-12(7-9)15(16-17(27)24-19(22)29-16)18(28)25(13)8-14(26)23-11-4-2-10(21)3-5-11/h1-7H,8H2,(H,23,26)(H2,22,24,27)/b16-15+. The number of benzene rings is 2. The summed E-state index contributed by atoms with van der Waals surface area (Å²) in [5.41, 5.74) is 7.20. The van der Waals surface area contributed by atoms with Crippen LogP contribution in [0.25, 0.3) is 5.57 Å². The lowest BCUT2D eigenvalue weighted by Gasteiger charge is -2.17. The van der Waals surface area contributed by atoms with Crippen molar-refractivity contribution in [3.8, 4) is 0 Å². The molecule has 2 aliphatic rings. The zero-order valence-corrected chi connectivity index (χ0v) is 17.0. The third kappa shape index (κ3) is 3.68. The Balaban J connectivity index is 1.66. The van der Waals surface area contributed by atoms with Gasteiger partial charge >= 0.3 is 0 Å². The number of nitrogens with zero attached hydrogens (tertiary/aromatic N) is 2. The van der Waals surface area contributed by atoms with Gasteiger partial charge in [-0.25, -0.2) is 4.39 Å². The Hall–Kier alpha value is -2.98. The van der Waals surface area contributed by atoms with Gasteiger partial charge in [0.25, 0.3) is 11.8 Å². The second kappa shape index (κ2) is 7.45. The third-order valence-electron chi connectivity index (χ3n) is 4.25. The van der Waals surface area contributed by atoms with Crippen LogP contribution in [0.15, 0.2) is 56.8 Å². The molecule has 0 fully saturated rings. The van der Waals surface area contributed by atoms with Crippen LogP contribution in [0.3, 0.4) is 0 Å². The second-order valence-electron chi connectivity index (χ2n) is 6.17. The highest BCUT2D eigenvalue weighted by Gasteiger charge is 2.39. The average molecular weight is 475 g/mol. The first-order valence-electron chi connectivity index (χ1n) is 8.31. The number of thioether (sulfide) groups is 1. The first-order valence-corrected chi connectivity index (χ1v) is 9.92. The van der Waals surface area contributed by atoms with Crippen molar-refractivity contribution in [2.45, 2.75) is 0 Å². The van der Waals surface area contributed by atoms with Gasteiger partial charge in [0.1, 0.15) is 12.4 Å². The molecule has 29 heavy (non-hydrogen) atoms. The molecule has 0 unspecified atom stereocenters. The van der Waals surface area contributed by atoms with Crippen molar-refractivity contribution in [1.82, 2.24) is 0 Å². The third-order valence-corrected chi connectivity index (χ3v) is 5.62. The summed E-state index contributed by atoms with van der Waals surface area (Å²) in [4.78, 5) is 42.8. The SMILES string of the molecule is NC1=NC(=O)/C(=C2\C(=O)N(CC(=O)Nc3ccc(F)cc3)c3ccc(Br)cc32)S1. The number of hydrogen-bond acceptors (Lipinski definition) is 5.